The predicted octanol–water partition coefficient (Wildman–Crippen LogP) is 27.6. The van der Waals surface area contributed by atoms with Crippen LogP contribution in [0.15, 0.2) is 0 Å². The SMILES string of the molecule is CCCCCCCCCCCCCCCCCCC(=O)O[C@H](COC(=O)CCCCCCCCCC(C)C)COP(=O)(O)OC[C@H](O)COP(=O)(O)OC[C@@H](COC(=O)CCCCCCCCCCCCCCCCCCCCC(C)C)OC(=O)CCCCCCCCCCCCCCCCCCCCC(C)CC. The fourth-order valence-electron chi connectivity index (χ4n) is 14.0. The van der Waals surface area contributed by atoms with Gasteiger partial charge in [0, 0.05) is 25.7 Å². The monoisotopic (exact) mass is 1590 g/mol. The van der Waals surface area contributed by atoms with E-state index in [1.165, 1.54) is 283 Å². The van der Waals surface area contributed by atoms with Crippen LogP contribution < -0.4 is 0 Å². The molecule has 19 heteroatoms. The number of carbonyl (C=O) groups excluding carboxylic acids is 4. The predicted molar refractivity (Wildman–Crippen MR) is 451 cm³/mol. The van der Waals surface area contributed by atoms with Gasteiger partial charge in [0.05, 0.1) is 26.4 Å². The Bertz CT molecular complexity index is 2100. The molecule has 0 aliphatic heterocycles. The second-order valence-corrected chi connectivity index (χ2v) is 36.4. The van der Waals surface area contributed by atoms with Gasteiger partial charge in [0.2, 0.25) is 0 Å². The Labute approximate surface area is 670 Å². The summed E-state index contributed by atoms with van der Waals surface area (Å²) in [6.07, 6.45) is 72.4. The van der Waals surface area contributed by atoms with E-state index in [9.17, 15) is 43.2 Å². The third kappa shape index (κ3) is 82.4. The van der Waals surface area contributed by atoms with Crippen molar-refractivity contribution in [3.63, 3.8) is 0 Å². The highest BCUT2D eigenvalue weighted by atomic mass is 31.2. The first-order chi connectivity index (χ1) is 52.8. The number of hydrogen-bond donors (Lipinski definition) is 3. The largest absolute Gasteiger partial charge is 0.472 e. The van der Waals surface area contributed by atoms with E-state index in [1.54, 1.807) is 0 Å². The van der Waals surface area contributed by atoms with Crippen LogP contribution in [0.3, 0.4) is 0 Å². The summed E-state index contributed by atoms with van der Waals surface area (Å²) in [6.45, 7) is 12.1. The number of rotatable bonds is 88. The summed E-state index contributed by atoms with van der Waals surface area (Å²) >= 11 is 0. The number of unbranched alkanes of at least 4 members (excludes halogenated alkanes) is 55. The van der Waals surface area contributed by atoms with E-state index >= 15 is 0 Å². The molecule has 0 spiro atoms. The molecule has 0 aromatic rings. The van der Waals surface area contributed by atoms with Crippen LogP contribution in [0.4, 0.5) is 0 Å². The van der Waals surface area contributed by atoms with Gasteiger partial charge < -0.3 is 33.8 Å². The topological polar surface area (TPSA) is 237 Å². The Kier molecular flexibility index (Phi) is 78.5. The van der Waals surface area contributed by atoms with E-state index in [1.807, 2.05) is 0 Å². The number of phosphoric ester groups is 2. The Morgan fingerprint density at radius 1 is 0.266 bits per heavy atom. The van der Waals surface area contributed by atoms with Gasteiger partial charge in [0.1, 0.15) is 19.3 Å². The average Bonchev–Trinajstić information content (AvgIpc) is 0.903. The molecule has 0 radical (unpaired) electrons. The van der Waals surface area contributed by atoms with Crippen LogP contribution in [-0.2, 0) is 65.4 Å². The molecule has 6 atom stereocenters. The molecular weight excluding hydrogens is 1410 g/mol. The first kappa shape index (κ1) is 107. The first-order valence-corrected chi connectivity index (χ1v) is 49.4. The normalized spacial score (nSPS) is 14.1. The third-order valence-electron chi connectivity index (χ3n) is 21.5. The van der Waals surface area contributed by atoms with E-state index in [-0.39, 0.29) is 25.7 Å². The molecule has 648 valence electrons. The Morgan fingerprint density at radius 3 is 0.697 bits per heavy atom. The summed E-state index contributed by atoms with van der Waals surface area (Å²) in [6, 6.07) is 0. The molecule has 17 nitrogen and oxygen atoms in total. The highest BCUT2D eigenvalue weighted by Gasteiger charge is 2.31. The number of aliphatic hydroxyl groups is 1. The average molecular weight is 1590 g/mol. The lowest BCUT2D eigenvalue weighted by atomic mass is 9.99. The summed E-state index contributed by atoms with van der Waals surface area (Å²) in [5.41, 5.74) is 0. The minimum Gasteiger partial charge on any atom is -0.462 e. The summed E-state index contributed by atoms with van der Waals surface area (Å²) in [4.78, 5) is 73.3. The van der Waals surface area contributed by atoms with Gasteiger partial charge in [-0.2, -0.15) is 0 Å². The molecule has 3 N–H and O–H groups in total. The van der Waals surface area contributed by atoms with Gasteiger partial charge in [0.25, 0.3) is 0 Å². The lowest BCUT2D eigenvalue weighted by Crippen LogP contribution is -2.30. The highest BCUT2D eigenvalue weighted by Crippen LogP contribution is 2.45. The molecule has 0 saturated heterocycles. The van der Waals surface area contributed by atoms with Crippen LogP contribution in [0.5, 0.6) is 0 Å². The maximum atomic E-state index is 13.2. The molecule has 0 aromatic carbocycles. The van der Waals surface area contributed by atoms with E-state index in [4.69, 9.17) is 37.0 Å². The van der Waals surface area contributed by atoms with Crippen LogP contribution >= 0.6 is 15.6 Å². The molecule has 0 aliphatic rings. The van der Waals surface area contributed by atoms with Gasteiger partial charge in [-0.15, -0.1) is 0 Å². The second kappa shape index (κ2) is 79.9. The van der Waals surface area contributed by atoms with Crippen molar-refractivity contribution in [1.29, 1.82) is 0 Å². The Hall–Kier alpha value is -1.94. The van der Waals surface area contributed by atoms with E-state index in [0.717, 1.165) is 108 Å². The van der Waals surface area contributed by atoms with Gasteiger partial charge >= 0.3 is 39.5 Å². The van der Waals surface area contributed by atoms with Crippen molar-refractivity contribution in [2.45, 2.75) is 497 Å². The summed E-state index contributed by atoms with van der Waals surface area (Å²) in [5, 5.41) is 10.7. The van der Waals surface area contributed by atoms with Gasteiger partial charge in [-0.25, -0.2) is 9.13 Å². The minimum absolute atomic E-state index is 0.108. The van der Waals surface area contributed by atoms with Crippen molar-refractivity contribution in [3.05, 3.63) is 0 Å². The van der Waals surface area contributed by atoms with Gasteiger partial charge in [-0.1, -0.05) is 427 Å². The summed E-state index contributed by atoms with van der Waals surface area (Å²) in [5.74, 6) is 0.299. The molecule has 0 aliphatic carbocycles. The molecular formula is C90H176O17P2. The maximum Gasteiger partial charge on any atom is 0.472 e. The molecule has 0 rings (SSSR count). The zero-order valence-electron chi connectivity index (χ0n) is 72.0. The molecule has 0 bridgehead atoms. The molecule has 109 heavy (non-hydrogen) atoms. The van der Waals surface area contributed by atoms with Crippen LogP contribution in [0.25, 0.3) is 0 Å². The highest BCUT2D eigenvalue weighted by molar-refractivity contribution is 7.47. The second-order valence-electron chi connectivity index (χ2n) is 33.5. The van der Waals surface area contributed by atoms with Crippen LogP contribution in [0.1, 0.15) is 479 Å². The van der Waals surface area contributed by atoms with Crippen molar-refractivity contribution in [2.75, 3.05) is 39.6 Å². The number of carbonyl (C=O) groups is 4. The Morgan fingerprint density at radius 2 is 0.468 bits per heavy atom. The lowest BCUT2D eigenvalue weighted by molar-refractivity contribution is -0.161. The van der Waals surface area contributed by atoms with E-state index in [0.29, 0.717) is 31.6 Å². The van der Waals surface area contributed by atoms with Crippen molar-refractivity contribution < 1.29 is 80.2 Å². The number of esters is 4. The van der Waals surface area contributed by atoms with Crippen LogP contribution in [0, 0.1) is 17.8 Å². The van der Waals surface area contributed by atoms with Gasteiger partial charge in [-0.3, -0.25) is 37.3 Å². The molecule has 3 unspecified atom stereocenters. The van der Waals surface area contributed by atoms with Crippen molar-refractivity contribution in [1.82, 2.24) is 0 Å². The van der Waals surface area contributed by atoms with E-state index < -0.39 is 97.5 Å². The lowest BCUT2D eigenvalue weighted by Gasteiger charge is -2.21. The van der Waals surface area contributed by atoms with Crippen molar-refractivity contribution >= 4 is 39.5 Å². The number of ether oxygens (including phenoxy) is 4. The maximum absolute atomic E-state index is 13.2. The van der Waals surface area contributed by atoms with E-state index in [2.05, 4.69) is 48.5 Å². The molecule has 0 heterocycles. The smallest absolute Gasteiger partial charge is 0.462 e. The molecule has 0 amide bonds. The third-order valence-corrected chi connectivity index (χ3v) is 23.4. The minimum atomic E-state index is -4.97. The molecule has 0 aromatic heterocycles. The standard InChI is InChI=1S/C90H176O17P2/c1-8-10-11-12-13-14-15-16-17-28-34-39-44-51-59-66-74-90(95)107-86(78-101-88(93)72-65-58-53-46-48-55-62-69-82(5)6)80-105-109(98,99)103-76-84(91)75-102-108(96,97)104-79-85(77-100-87(92)71-64-57-50-43-38-33-29-24-20-18-22-26-31-36-41-47-54-61-68-81(3)4)106-89(94)73-67-60-52-45-40-35-30-25-21-19-23-27-32-37-42-49-56-63-70-83(7)9-2/h81-86,91H,8-80H2,1-7H3,(H,96,97)(H,98,99)/t83?,84-,85-,86-/m1/s1. The van der Waals surface area contributed by atoms with Crippen molar-refractivity contribution in [2.24, 2.45) is 17.8 Å². The zero-order valence-corrected chi connectivity index (χ0v) is 73.8. The first-order valence-electron chi connectivity index (χ1n) is 46.4. The zero-order chi connectivity index (χ0) is 80.0. The van der Waals surface area contributed by atoms with Gasteiger partial charge in [-0.05, 0) is 43.4 Å². The van der Waals surface area contributed by atoms with Gasteiger partial charge in [0.15, 0.2) is 12.2 Å². The van der Waals surface area contributed by atoms with Crippen LogP contribution in [-0.4, -0.2) is 96.7 Å². The fourth-order valence-corrected chi connectivity index (χ4v) is 15.6. The summed E-state index contributed by atoms with van der Waals surface area (Å²) in [7, 11) is -9.93. The quantitative estimate of drug-likeness (QED) is 0.0222. The molecule has 0 fully saturated rings. The Balaban J connectivity index is 5.22. The van der Waals surface area contributed by atoms with Crippen molar-refractivity contribution in [3.8, 4) is 0 Å². The number of hydrogen-bond acceptors (Lipinski definition) is 15. The number of aliphatic hydroxyl groups excluding tert-OH is 1. The molecule has 0 saturated carbocycles. The summed E-state index contributed by atoms with van der Waals surface area (Å²) < 4.78 is 69.0. The number of phosphoric acid groups is 2. The van der Waals surface area contributed by atoms with Crippen LogP contribution in [0.2, 0.25) is 0 Å². The fraction of sp³-hybridized carbons (Fsp3) is 0.956.